The first-order valence-corrected chi connectivity index (χ1v) is 5.53. The Hall–Kier alpha value is -1.65. The van der Waals surface area contributed by atoms with Crippen LogP contribution in [0.3, 0.4) is 0 Å². The van der Waals surface area contributed by atoms with Gasteiger partial charge in [0.25, 0.3) is 0 Å². The molecule has 5 heteroatoms. The first-order valence-electron chi connectivity index (χ1n) is 5.53. The summed E-state index contributed by atoms with van der Waals surface area (Å²) in [7, 11) is 1.92. The SMILES string of the molecule is CC1CC1c1nc(Cc2ccnn2C)no1. The summed E-state index contributed by atoms with van der Waals surface area (Å²) < 4.78 is 7.09. The van der Waals surface area contributed by atoms with Crippen LogP contribution >= 0.6 is 0 Å². The maximum absolute atomic E-state index is 5.26. The zero-order valence-corrected chi connectivity index (χ0v) is 9.42. The highest BCUT2D eigenvalue weighted by Gasteiger charge is 2.38. The Morgan fingerprint density at radius 1 is 1.56 bits per heavy atom. The van der Waals surface area contributed by atoms with Crippen LogP contribution in [0.4, 0.5) is 0 Å². The van der Waals surface area contributed by atoms with E-state index in [-0.39, 0.29) is 0 Å². The van der Waals surface area contributed by atoms with Crippen molar-refractivity contribution in [3.63, 3.8) is 0 Å². The van der Waals surface area contributed by atoms with Crippen molar-refractivity contribution >= 4 is 0 Å². The Bertz CT molecular complexity index is 502. The van der Waals surface area contributed by atoms with Gasteiger partial charge in [0.1, 0.15) is 0 Å². The molecule has 0 aliphatic heterocycles. The van der Waals surface area contributed by atoms with Gasteiger partial charge in [-0.2, -0.15) is 10.1 Å². The van der Waals surface area contributed by atoms with Gasteiger partial charge in [0.2, 0.25) is 5.89 Å². The van der Waals surface area contributed by atoms with Crippen molar-refractivity contribution in [1.29, 1.82) is 0 Å². The summed E-state index contributed by atoms with van der Waals surface area (Å²) in [5, 5.41) is 8.11. The van der Waals surface area contributed by atoms with E-state index in [0.29, 0.717) is 18.3 Å². The fourth-order valence-corrected chi connectivity index (χ4v) is 1.89. The molecule has 2 heterocycles. The number of rotatable bonds is 3. The van der Waals surface area contributed by atoms with E-state index in [2.05, 4.69) is 22.2 Å². The monoisotopic (exact) mass is 218 g/mol. The van der Waals surface area contributed by atoms with Crippen molar-refractivity contribution in [2.45, 2.75) is 25.7 Å². The zero-order valence-electron chi connectivity index (χ0n) is 9.42. The van der Waals surface area contributed by atoms with Crippen LogP contribution < -0.4 is 0 Å². The average molecular weight is 218 g/mol. The smallest absolute Gasteiger partial charge is 0.230 e. The van der Waals surface area contributed by atoms with E-state index in [1.807, 2.05) is 17.8 Å². The minimum Gasteiger partial charge on any atom is -0.339 e. The van der Waals surface area contributed by atoms with Crippen LogP contribution in [0, 0.1) is 5.92 Å². The standard InChI is InChI=1S/C11H14N4O/c1-7-5-9(7)11-13-10(14-16-11)6-8-3-4-12-15(8)2/h3-4,7,9H,5-6H2,1-2H3. The maximum atomic E-state index is 5.26. The molecule has 0 bridgehead atoms. The largest absolute Gasteiger partial charge is 0.339 e. The molecule has 5 nitrogen and oxygen atoms in total. The molecule has 2 unspecified atom stereocenters. The first-order chi connectivity index (χ1) is 7.74. The van der Waals surface area contributed by atoms with Crippen LogP contribution in [0.25, 0.3) is 0 Å². The van der Waals surface area contributed by atoms with Gasteiger partial charge in [0, 0.05) is 24.9 Å². The van der Waals surface area contributed by atoms with Crippen molar-refractivity contribution < 1.29 is 4.52 Å². The quantitative estimate of drug-likeness (QED) is 0.783. The lowest BCUT2D eigenvalue weighted by atomic mass is 10.3. The Morgan fingerprint density at radius 2 is 2.38 bits per heavy atom. The Labute approximate surface area is 93.5 Å². The summed E-state index contributed by atoms with van der Waals surface area (Å²) in [5.41, 5.74) is 1.09. The van der Waals surface area contributed by atoms with Gasteiger partial charge in [0.15, 0.2) is 5.82 Å². The van der Waals surface area contributed by atoms with E-state index in [4.69, 9.17) is 4.52 Å². The molecule has 0 aromatic carbocycles. The molecule has 0 saturated heterocycles. The molecule has 1 aliphatic rings. The molecule has 0 spiro atoms. The third kappa shape index (κ3) is 1.62. The molecule has 2 atom stereocenters. The van der Waals surface area contributed by atoms with Gasteiger partial charge in [0.05, 0.1) is 6.42 Å². The van der Waals surface area contributed by atoms with Crippen molar-refractivity contribution in [2.24, 2.45) is 13.0 Å². The molecular weight excluding hydrogens is 204 g/mol. The molecule has 84 valence electrons. The van der Waals surface area contributed by atoms with Crippen molar-refractivity contribution in [3.05, 3.63) is 29.7 Å². The molecule has 16 heavy (non-hydrogen) atoms. The molecule has 1 aliphatic carbocycles. The van der Waals surface area contributed by atoms with Gasteiger partial charge < -0.3 is 4.52 Å². The molecule has 1 fully saturated rings. The fraction of sp³-hybridized carbons (Fsp3) is 0.545. The van der Waals surface area contributed by atoms with Gasteiger partial charge in [-0.15, -0.1) is 0 Å². The minimum atomic E-state index is 0.493. The van der Waals surface area contributed by atoms with Gasteiger partial charge >= 0.3 is 0 Å². The lowest BCUT2D eigenvalue weighted by Gasteiger charge is -1.95. The van der Waals surface area contributed by atoms with Crippen LogP contribution in [0.5, 0.6) is 0 Å². The number of nitrogens with zero attached hydrogens (tertiary/aromatic N) is 4. The van der Waals surface area contributed by atoms with E-state index in [1.165, 1.54) is 6.42 Å². The van der Waals surface area contributed by atoms with E-state index >= 15 is 0 Å². The van der Waals surface area contributed by atoms with Gasteiger partial charge in [-0.05, 0) is 18.4 Å². The predicted molar refractivity (Wildman–Crippen MR) is 56.8 cm³/mol. The summed E-state index contributed by atoms with van der Waals surface area (Å²) in [6.45, 7) is 2.20. The zero-order chi connectivity index (χ0) is 11.1. The second kappa shape index (κ2) is 3.43. The highest BCUT2D eigenvalue weighted by Crippen LogP contribution is 2.45. The van der Waals surface area contributed by atoms with Gasteiger partial charge in [-0.1, -0.05) is 12.1 Å². The van der Waals surface area contributed by atoms with Crippen LogP contribution in [0.2, 0.25) is 0 Å². The van der Waals surface area contributed by atoms with Crippen LogP contribution in [0.15, 0.2) is 16.8 Å². The number of aromatic nitrogens is 4. The van der Waals surface area contributed by atoms with E-state index in [1.54, 1.807) is 6.20 Å². The van der Waals surface area contributed by atoms with E-state index in [0.717, 1.165) is 17.4 Å². The fourth-order valence-electron chi connectivity index (χ4n) is 1.89. The molecule has 2 aromatic rings. The highest BCUT2D eigenvalue weighted by atomic mass is 16.5. The van der Waals surface area contributed by atoms with Crippen molar-refractivity contribution in [3.8, 4) is 0 Å². The lowest BCUT2D eigenvalue weighted by Crippen LogP contribution is -2.00. The molecule has 0 amide bonds. The molecule has 3 rings (SSSR count). The second-order valence-corrected chi connectivity index (χ2v) is 4.49. The Kier molecular flexibility index (Phi) is 2.05. The topological polar surface area (TPSA) is 56.7 Å². The number of hydrogen-bond donors (Lipinski definition) is 0. The molecular formula is C11H14N4O. The highest BCUT2D eigenvalue weighted by molar-refractivity contribution is 5.10. The van der Waals surface area contributed by atoms with Gasteiger partial charge in [-0.25, -0.2) is 0 Å². The summed E-state index contributed by atoms with van der Waals surface area (Å²) in [6.07, 6.45) is 3.63. The summed E-state index contributed by atoms with van der Waals surface area (Å²) in [4.78, 5) is 4.42. The third-order valence-electron chi connectivity index (χ3n) is 3.17. The first kappa shape index (κ1) is 9.57. The van der Waals surface area contributed by atoms with Crippen molar-refractivity contribution in [1.82, 2.24) is 19.9 Å². The normalized spacial score (nSPS) is 23.6. The van der Waals surface area contributed by atoms with Gasteiger partial charge in [-0.3, -0.25) is 4.68 Å². The molecule has 1 saturated carbocycles. The second-order valence-electron chi connectivity index (χ2n) is 4.49. The average Bonchev–Trinajstić information content (AvgIpc) is 2.67. The predicted octanol–water partition coefficient (Wildman–Crippen LogP) is 1.52. The summed E-state index contributed by atoms with van der Waals surface area (Å²) >= 11 is 0. The van der Waals surface area contributed by atoms with E-state index in [9.17, 15) is 0 Å². The van der Waals surface area contributed by atoms with Crippen molar-refractivity contribution in [2.75, 3.05) is 0 Å². The third-order valence-corrected chi connectivity index (χ3v) is 3.17. The van der Waals surface area contributed by atoms with Crippen LogP contribution in [-0.2, 0) is 13.5 Å². The number of aryl methyl sites for hydroxylation is 1. The number of hydrogen-bond acceptors (Lipinski definition) is 4. The molecule has 2 aromatic heterocycles. The van der Waals surface area contributed by atoms with Crippen LogP contribution in [0.1, 0.15) is 36.7 Å². The minimum absolute atomic E-state index is 0.493. The summed E-state index contributed by atoms with van der Waals surface area (Å²) in [5.74, 6) is 2.74. The maximum Gasteiger partial charge on any atom is 0.230 e. The van der Waals surface area contributed by atoms with Crippen LogP contribution in [-0.4, -0.2) is 19.9 Å². The molecule has 0 radical (unpaired) electrons. The summed E-state index contributed by atoms with van der Waals surface area (Å²) in [6, 6.07) is 1.97. The van der Waals surface area contributed by atoms with E-state index < -0.39 is 0 Å². The Morgan fingerprint density at radius 3 is 3.00 bits per heavy atom. The molecule has 0 N–H and O–H groups in total. The lowest BCUT2D eigenvalue weighted by molar-refractivity contribution is 0.371. The Balaban J connectivity index is 1.76.